The number of aryl methyl sites for hydroxylation is 1. The first-order valence-corrected chi connectivity index (χ1v) is 10.8. The van der Waals surface area contributed by atoms with Crippen LogP contribution in [0.1, 0.15) is 28.8 Å². The highest BCUT2D eigenvalue weighted by Gasteiger charge is 2.12. The van der Waals surface area contributed by atoms with E-state index in [2.05, 4.69) is 39.8 Å². The second kappa shape index (κ2) is 10.4. The van der Waals surface area contributed by atoms with Gasteiger partial charge in [0, 0.05) is 23.2 Å². The van der Waals surface area contributed by atoms with Crippen molar-refractivity contribution >= 4 is 5.91 Å². The van der Waals surface area contributed by atoms with Gasteiger partial charge in [0.1, 0.15) is 5.75 Å². The van der Waals surface area contributed by atoms with Crippen molar-refractivity contribution in [3.63, 3.8) is 0 Å². The summed E-state index contributed by atoms with van der Waals surface area (Å²) in [4.78, 5) is 12.7. The van der Waals surface area contributed by atoms with Gasteiger partial charge in [-0.1, -0.05) is 54.6 Å². The number of aromatic amines is 1. The van der Waals surface area contributed by atoms with Gasteiger partial charge in [0.25, 0.3) is 5.91 Å². The van der Waals surface area contributed by atoms with Gasteiger partial charge in [0.05, 0.1) is 19.0 Å². The fraction of sp³-hybridized carbons (Fsp3) is 0.185. The average molecular weight is 426 g/mol. The van der Waals surface area contributed by atoms with Crippen molar-refractivity contribution in [3.05, 3.63) is 96.2 Å². The van der Waals surface area contributed by atoms with Crippen LogP contribution in [0.4, 0.5) is 0 Å². The molecule has 3 aromatic carbocycles. The maximum atomic E-state index is 12.7. The Hall–Kier alpha value is -3.86. The van der Waals surface area contributed by atoms with Gasteiger partial charge in [-0.2, -0.15) is 5.10 Å². The van der Waals surface area contributed by atoms with E-state index in [0.717, 1.165) is 47.4 Å². The number of hydrogen-bond donors (Lipinski definition) is 2. The maximum Gasteiger partial charge on any atom is 0.251 e. The van der Waals surface area contributed by atoms with Gasteiger partial charge >= 0.3 is 0 Å². The molecule has 0 unspecified atom stereocenters. The first-order chi connectivity index (χ1) is 15.7. The maximum absolute atomic E-state index is 12.7. The van der Waals surface area contributed by atoms with Crippen LogP contribution < -0.4 is 10.1 Å². The Balaban J connectivity index is 1.38. The van der Waals surface area contributed by atoms with E-state index >= 15 is 0 Å². The molecule has 0 aliphatic rings. The molecule has 4 rings (SSSR count). The second-order valence-electron chi connectivity index (χ2n) is 7.67. The Bertz CT molecular complexity index is 1150. The largest absolute Gasteiger partial charge is 0.497 e. The van der Waals surface area contributed by atoms with Crippen LogP contribution in [0.3, 0.4) is 0 Å². The van der Waals surface area contributed by atoms with E-state index < -0.39 is 0 Å². The van der Waals surface area contributed by atoms with E-state index in [0.29, 0.717) is 12.1 Å². The molecule has 1 amide bonds. The monoisotopic (exact) mass is 425 g/mol. The van der Waals surface area contributed by atoms with Gasteiger partial charge in [0.2, 0.25) is 0 Å². The topological polar surface area (TPSA) is 67.0 Å². The van der Waals surface area contributed by atoms with Gasteiger partial charge in [0.15, 0.2) is 0 Å². The van der Waals surface area contributed by atoms with Crippen LogP contribution >= 0.6 is 0 Å². The molecule has 0 bridgehead atoms. The second-order valence-corrected chi connectivity index (χ2v) is 7.67. The highest BCUT2D eigenvalue weighted by atomic mass is 16.5. The Kier molecular flexibility index (Phi) is 6.98. The van der Waals surface area contributed by atoms with Crippen LogP contribution in [0.2, 0.25) is 0 Å². The lowest BCUT2D eigenvalue weighted by Gasteiger charge is -2.08. The van der Waals surface area contributed by atoms with E-state index in [4.69, 9.17) is 4.74 Å². The third-order valence-corrected chi connectivity index (χ3v) is 5.47. The SMILES string of the molecule is COc1ccc(-c2cn[nH]c2-c2cccc(C(=O)NCCCCc3ccccc3)c2)cc1. The molecule has 5 heteroatoms. The summed E-state index contributed by atoms with van der Waals surface area (Å²) in [7, 11) is 1.65. The van der Waals surface area contributed by atoms with E-state index in [1.54, 1.807) is 13.3 Å². The molecule has 2 N–H and O–H groups in total. The average Bonchev–Trinajstić information content (AvgIpc) is 3.34. The minimum Gasteiger partial charge on any atom is -0.497 e. The van der Waals surface area contributed by atoms with Crippen molar-refractivity contribution in [3.8, 4) is 28.1 Å². The van der Waals surface area contributed by atoms with Crippen LogP contribution in [-0.4, -0.2) is 29.8 Å². The summed E-state index contributed by atoms with van der Waals surface area (Å²) in [5.41, 5.74) is 5.78. The Labute approximate surface area is 188 Å². The van der Waals surface area contributed by atoms with Crippen LogP contribution in [0, 0.1) is 0 Å². The summed E-state index contributed by atoms with van der Waals surface area (Å²) in [6.45, 7) is 0.664. The number of rotatable bonds is 9. The zero-order chi connectivity index (χ0) is 22.2. The number of H-pyrrole nitrogens is 1. The summed E-state index contributed by atoms with van der Waals surface area (Å²) >= 11 is 0. The number of nitrogens with one attached hydrogen (secondary N) is 2. The molecular formula is C27H27N3O2. The molecule has 0 atom stereocenters. The van der Waals surface area contributed by atoms with Crippen LogP contribution in [-0.2, 0) is 6.42 Å². The smallest absolute Gasteiger partial charge is 0.251 e. The van der Waals surface area contributed by atoms with E-state index in [1.165, 1.54) is 5.56 Å². The van der Waals surface area contributed by atoms with E-state index in [-0.39, 0.29) is 5.91 Å². The Morgan fingerprint density at radius 1 is 0.938 bits per heavy atom. The third kappa shape index (κ3) is 5.24. The normalized spacial score (nSPS) is 10.7. The van der Waals surface area contributed by atoms with Gasteiger partial charge in [-0.05, 0) is 54.7 Å². The quantitative estimate of drug-likeness (QED) is 0.348. The van der Waals surface area contributed by atoms with Gasteiger partial charge < -0.3 is 10.1 Å². The highest BCUT2D eigenvalue weighted by molar-refractivity contribution is 5.96. The zero-order valence-corrected chi connectivity index (χ0v) is 18.2. The molecule has 162 valence electrons. The molecule has 0 spiro atoms. The number of unbranched alkanes of at least 4 members (excludes halogenated alkanes) is 1. The van der Waals surface area contributed by atoms with Gasteiger partial charge in [-0.15, -0.1) is 0 Å². The summed E-state index contributed by atoms with van der Waals surface area (Å²) in [6, 6.07) is 25.9. The summed E-state index contributed by atoms with van der Waals surface area (Å²) in [5, 5.41) is 10.3. The molecule has 0 fully saturated rings. The number of hydrogen-bond acceptors (Lipinski definition) is 3. The third-order valence-electron chi connectivity index (χ3n) is 5.47. The summed E-state index contributed by atoms with van der Waals surface area (Å²) in [5.74, 6) is 0.748. The van der Waals surface area contributed by atoms with Crippen LogP contribution in [0.25, 0.3) is 22.4 Å². The first-order valence-electron chi connectivity index (χ1n) is 10.8. The van der Waals surface area contributed by atoms with Crippen molar-refractivity contribution in [2.45, 2.75) is 19.3 Å². The molecule has 4 aromatic rings. The fourth-order valence-electron chi connectivity index (χ4n) is 3.71. The Morgan fingerprint density at radius 2 is 1.75 bits per heavy atom. The van der Waals surface area contributed by atoms with Crippen molar-refractivity contribution in [1.82, 2.24) is 15.5 Å². The minimum atomic E-state index is -0.0583. The molecule has 32 heavy (non-hydrogen) atoms. The molecule has 0 saturated carbocycles. The standard InChI is InChI=1S/C27H27N3O2/c1-32-24-15-13-21(14-16-24)25-19-29-30-26(25)22-11-7-12-23(18-22)27(31)28-17-6-5-10-20-8-3-2-4-9-20/h2-4,7-9,11-16,18-19H,5-6,10,17H2,1H3,(H,28,31)(H,29,30). The van der Waals surface area contributed by atoms with E-state index in [1.807, 2.05) is 54.6 Å². The van der Waals surface area contributed by atoms with Crippen molar-refractivity contribution < 1.29 is 9.53 Å². The number of carbonyl (C=O) groups excluding carboxylic acids is 1. The first kappa shape index (κ1) is 21.4. The predicted octanol–water partition coefficient (Wildman–Crippen LogP) is 5.51. The molecule has 1 heterocycles. The number of nitrogens with zero attached hydrogens (tertiary/aromatic N) is 1. The molecule has 5 nitrogen and oxygen atoms in total. The number of aromatic nitrogens is 2. The lowest BCUT2D eigenvalue weighted by molar-refractivity contribution is 0.0953. The summed E-state index contributed by atoms with van der Waals surface area (Å²) in [6.07, 6.45) is 4.82. The minimum absolute atomic E-state index is 0.0583. The van der Waals surface area contributed by atoms with Crippen molar-refractivity contribution in [2.75, 3.05) is 13.7 Å². The number of benzene rings is 3. The molecule has 0 saturated heterocycles. The number of ether oxygens (including phenoxy) is 1. The van der Waals surface area contributed by atoms with E-state index in [9.17, 15) is 4.79 Å². The highest BCUT2D eigenvalue weighted by Crippen LogP contribution is 2.31. The number of amides is 1. The predicted molar refractivity (Wildman–Crippen MR) is 128 cm³/mol. The fourth-order valence-corrected chi connectivity index (χ4v) is 3.71. The lowest BCUT2D eigenvalue weighted by Crippen LogP contribution is -2.24. The number of carbonyl (C=O) groups is 1. The molecule has 0 aliphatic carbocycles. The lowest BCUT2D eigenvalue weighted by atomic mass is 10.00. The Morgan fingerprint density at radius 3 is 2.53 bits per heavy atom. The van der Waals surface area contributed by atoms with Gasteiger partial charge in [-0.25, -0.2) is 0 Å². The van der Waals surface area contributed by atoms with Crippen molar-refractivity contribution in [2.24, 2.45) is 0 Å². The summed E-state index contributed by atoms with van der Waals surface area (Å²) < 4.78 is 5.25. The van der Waals surface area contributed by atoms with Gasteiger partial charge in [-0.3, -0.25) is 9.89 Å². The zero-order valence-electron chi connectivity index (χ0n) is 18.2. The molecule has 0 aliphatic heterocycles. The number of methoxy groups -OCH3 is 1. The van der Waals surface area contributed by atoms with Crippen LogP contribution in [0.15, 0.2) is 85.1 Å². The molecule has 1 aromatic heterocycles. The molecular weight excluding hydrogens is 398 g/mol. The molecule has 0 radical (unpaired) electrons. The van der Waals surface area contributed by atoms with Crippen LogP contribution in [0.5, 0.6) is 5.75 Å². The van der Waals surface area contributed by atoms with Crippen molar-refractivity contribution in [1.29, 1.82) is 0 Å².